The minimum atomic E-state index is -0.644. The molecule has 0 saturated heterocycles. The van der Waals surface area contributed by atoms with Crippen molar-refractivity contribution in [2.24, 2.45) is 0 Å². The number of nitrogens with zero attached hydrogens (tertiary/aromatic N) is 3. The predicted molar refractivity (Wildman–Crippen MR) is 67.1 cm³/mol. The molecule has 1 heterocycles. The molecule has 9 heteroatoms. The summed E-state index contributed by atoms with van der Waals surface area (Å²) in [6.07, 6.45) is 1.20. The number of hydrogen-bond acceptors (Lipinski definition) is 8. The summed E-state index contributed by atoms with van der Waals surface area (Å²) < 4.78 is 9.04. The molecule has 0 bridgehead atoms. The Morgan fingerprint density at radius 2 is 1.80 bits per heavy atom. The zero-order valence-electron chi connectivity index (χ0n) is 10.9. The maximum atomic E-state index is 11.3. The third-order valence-electron chi connectivity index (χ3n) is 2.38. The minimum Gasteiger partial charge on any atom is -0.468 e. The summed E-state index contributed by atoms with van der Waals surface area (Å²) in [6, 6.07) is 2.56. The lowest BCUT2D eigenvalue weighted by Gasteiger charge is -2.20. The van der Waals surface area contributed by atoms with Gasteiger partial charge in [0.15, 0.2) is 6.20 Å². The molecule has 0 radical (unpaired) electrons. The van der Waals surface area contributed by atoms with Gasteiger partial charge < -0.3 is 24.5 Å². The highest BCUT2D eigenvalue weighted by molar-refractivity contribution is 5.81. The number of nitro groups is 1. The van der Waals surface area contributed by atoms with Gasteiger partial charge >= 0.3 is 17.8 Å². The second-order valence-corrected chi connectivity index (χ2v) is 3.64. The lowest BCUT2D eigenvalue weighted by atomic mass is 10.3. The van der Waals surface area contributed by atoms with Crippen LogP contribution in [0, 0.1) is 10.1 Å². The van der Waals surface area contributed by atoms with Crippen LogP contribution in [0.2, 0.25) is 0 Å². The first-order valence-electron chi connectivity index (χ1n) is 5.47. The minimum absolute atomic E-state index is 0.203. The molecule has 9 nitrogen and oxygen atoms in total. The fourth-order valence-electron chi connectivity index (χ4n) is 1.35. The molecule has 20 heavy (non-hydrogen) atoms. The van der Waals surface area contributed by atoms with Crippen molar-refractivity contribution in [1.29, 1.82) is 0 Å². The Morgan fingerprint density at radius 1 is 1.25 bits per heavy atom. The first-order chi connectivity index (χ1) is 9.47. The van der Waals surface area contributed by atoms with Crippen LogP contribution in [0.3, 0.4) is 0 Å². The van der Waals surface area contributed by atoms with Gasteiger partial charge in [0, 0.05) is 6.07 Å². The molecule has 0 fully saturated rings. The molecule has 0 saturated carbocycles. The number of carbonyl (C=O) groups excluding carboxylic acids is 2. The van der Waals surface area contributed by atoms with E-state index in [1.54, 1.807) is 0 Å². The second kappa shape index (κ2) is 7.02. The Balaban J connectivity index is 2.93. The molecule has 1 aromatic rings. The van der Waals surface area contributed by atoms with Gasteiger partial charge in [-0.05, 0) is 16.0 Å². The van der Waals surface area contributed by atoms with Gasteiger partial charge in [-0.3, -0.25) is 9.59 Å². The molecule has 0 N–H and O–H groups in total. The molecule has 0 spiro atoms. The summed E-state index contributed by atoms with van der Waals surface area (Å²) in [6.45, 7) is -0.407. The lowest BCUT2D eigenvalue weighted by Crippen LogP contribution is -2.35. The molecule has 0 atom stereocenters. The van der Waals surface area contributed by atoms with E-state index >= 15 is 0 Å². The number of hydrogen-bond donors (Lipinski definition) is 0. The van der Waals surface area contributed by atoms with Gasteiger partial charge in [-0.1, -0.05) is 0 Å². The number of methoxy groups -OCH3 is 2. The van der Waals surface area contributed by atoms with Crippen LogP contribution in [0.5, 0.6) is 0 Å². The molecule has 0 amide bonds. The zero-order valence-corrected chi connectivity index (χ0v) is 10.9. The highest BCUT2D eigenvalue weighted by Crippen LogP contribution is 2.16. The van der Waals surface area contributed by atoms with E-state index in [1.165, 1.54) is 37.4 Å². The molecule has 0 aliphatic carbocycles. The van der Waals surface area contributed by atoms with E-state index in [9.17, 15) is 19.7 Å². The standard InChI is InChI=1S/C11H13N3O6/c1-19-10(15)6-13(7-11(16)20-2)8-3-4-9(12-5-8)14(17)18/h3-5H,6-7H2,1-2H3. The number of anilines is 1. The van der Waals surface area contributed by atoms with Crippen molar-refractivity contribution >= 4 is 23.4 Å². The molecule has 1 aromatic heterocycles. The van der Waals surface area contributed by atoms with Crippen molar-refractivity contribution in [2.45, 2.75) is 0 Å². The third-order valence-corrected chi connectivity index (χ3v) is 2.38. The summed E-state index contributed by atoms with van der Waals surface area (Å²) in [5.74, 6) is -1.45. The van der Waals surface area contributed by atoms with Crippen LogP contribution in [0.1, 0.15) is 0 Å². The Labute approximate surface area is 114 Å². The van der Waals surface area contributed by atoms with Gasteiger partial charge in [0.1, 0.15) is 13.1 Å². The van der Waals surface area contributed by atoms with Gasteiger partial charge in [-0.15, -0.1) is 0 Å². The summed E-state index contributed by atoms with van der Waals surface area (Å²) in [5, 5.41) is 10.5. The molecule has 108 valence electrons. The van der Waals surface area contributed by atoms with Crippen molar-refractivity contribution in [3.8, 4) is 0 Å². The van der Waals surface area contributed by atoms with Crippen molar-refractivity contribution in [1.82, 2.24) is 4.98 Å². The highest BCUT2D eigenvalue weighted by atomic mass is 16.6. The number of pyridine rings is 1. The predicted octanol–water partition coefficient (Wildman–Crippen LogP) is 0.142. The first kappa shape index (κ1) is 15.3. The Hall–Kier alpha value is -2.71. The lowest BCUT2D eigenvalue weighted by molar-refractivity contribution is -0.389. The largest absolute Gasteiger partial charge is 0.468 e. The van der Waals surface area contributed by atoms with Gasteiger partial charge in [0.2, 0.25) is 0 Å². The van der Waals surface area contributed by atoms with E-state index in [0.717, 1.165) is 0 Å². The monoisotopic (exact) mass is 283 g/mol. The van der Waals surface area contributed by atoms with Gasteiger partial charge in [-0.25, -0.2) is 0 Å². The normalized spacial score (nSPS) is 9.70. The quantitative estimate of drug-likeness (QED) is 0.411. The maximum Gasteiger partial charge on any atom is 0.363 e. The summed E-state index contributed by atoms with van der Waals surface area (Å²) >= 11 is 0. The van der Waals surface area contributed by atoms with Crippen LogP contribution in [0.15, 0.2) is 18.3 Å². The highest BCUT2D eigenvalue weighted by Gasteiger charge is 2.18. The smallest absolute Gasteiger partial charge is 0.363 e. The number of esters is 2. The Bertz CT molecular complexity index is 483. The fourth-order valence-corrected chi connectivity index (χ4v) is 1.35. The number of carbonyl (C=O) groups is 2. The van der Waals surface area contributed by atoms with E-state index in [2.05, 4.69) is 14.5 Å². The second-order valence-electron chi connectivity index (χ2n) is 3.64. The zero-order chi connectivity index (χ0) is 15.1. The molecule has 0 aromatic carbocycles. The first-order valence-corrected chi connectivity index (χ1v) is 5.47. The summed E-state index contributed by atoms with van der Waals surface area (Å²) in [5.41, 5.74) is 0.367. The van der Waals surface area contributed by atoms with Gasteiger partial charge in [-0.2, -0.15) is 0 Å². The van der Waals surface area contributed by atoms with Crippen LogP contribution in [-0.4, -0.2) is 49.2 Å². The molecule has 0 aliphatic rings. The average molecular weight is 283 g/mol. The maximum absolute atomic E-state index is 11.3. The van der Waals surface area contributed by atoms with Crippen molar-refractivity contribution in [3.05, 3.63) is 28.4 Å². The van der Waals surface area contributed by atoms with Crippen LogP contribution in [0.4, 0.5) is 11.5 Å². The SMILES string of the molecule is COC(=O)CN(CC(=O)OC)c1ccc([N+](=O)[O-])nc1. The molecule has 0 unspecified atom stereocenters. The van der Waals surface area contributed by atoms with Crippen LogP contribution in [-0.2, 0) is 19.1 Å². The average Bonchev–Trinajstić information content (AvgIpc) is 2.46. The van der Waals surface area contributed by atoms with Crippen molar-refractivity contribution in [2.75, 3.05) is 32.2 Å². The van der Waals surface area contributed by atoms with Crippen molar-refractivity contribution in [3.63, 3.8) is 0 Å². The summed E-state index contributed by atoms with van der Waals surface area (Å²) in [4.78, 5) is 37.4. The number of ether oxygens (including phenoxy) is 2. The van der Waals surface area contributed by atoms with E-state index in [4.69, 9.17) is 0 Å². The number of aromatic nitrogens is 1. The van der Waals surface area contributed by atoms with E-state index in [1.807, 2.05) is 0 Å². The van der Waals surface area contributed by atoms with E-state index in [0.29, 0.717) is 5.69 Å². The third kappa shape index (κ3) is 4.19. The van der Waals surface area contributed by atoms with Gasteiger partial charge in [0.05, 0.1) is 19.9 Å². The molecular formula is C11H13N3O6. The van der Waals surface area contributed by atoms with Crippen LogP contribution >= 0.6 is 0 Å². The number of rotatable bonds is 6. The van der Waals surface area contributed by atoms with E-state index in [-0.39, 0.29) is 18.9 Å². The molecule has 0 aliphatic heterocycles. The summed E-state index contributed by atoms with van der Waals surface area (Å²) in [7, 11) is 2.43. The fraction of sp³-hybridized carbons (Fsp3) is 0.364. The molecule has 1 rings (SSSR count). The van der Waals surface area contributed by atoms with Crippen molar-refractivity contribution < 1.29 is 24.0 Å². The Kier molecular flexibility index (Phi) is 5.39. The van der Waals surface area contributed by atoms with Crippen LogP contribution in [0.25, 0.3) is 0 Å². The molecular weight excluding hydrogens is 270 g/mol. The van der Waals surface area contributed by atoms with E-state index < -0.39 is 16.9 Å². The Morgan fingerprint density at radius 3 is 2.15 bits per heavy atom. The topological polar surface area (TPSA) is 112 Å². The van der Waals surface area contributed by atoms with Gasteiger partial charge in [0.25, 0.3) is 0 Å². The van der Waals surface area contributed by atoms with Crippen LogP contribution < -0.4 is 4.90 Å².